The van der Waals surface area contributed by atoms with Crippen molar-refractivity contribution in [3.63, 3.8) is 0 Å². The first kappa shape index (κ1) is 20.6. The molecule has 3 aromatic rings. The molecule has 0 unspecified atom stereocenters. The second kappa shape index (κ2) is 8.22. The van der Waals surface area contributed by atoms with Gasteiger partial charge < -0.3 is 19.1 Å². The maximum absolute atomic E-state index is 12.3. The molecule has 0 bridgehead atoms. The number of hydrogen-bond donors (Lipinski definition) is 0. The summed E-state index contributed by atoms with van der Waals surface area (Å²) in [4.78, 5) is 34.0. The Kier molecular flexibility index (Phi) is 5.46. The van der Waals surface area contributed by atoms with Gasteiger partial charge in [0.25, 0.3) is 0 Å². The summed E-state index contributed by atoms with van der Waals surface area (Å²) in [6, 6.07) is 3.77. The number of aromatic nitrogens is 5. The highest BCUT2D eigenvalue weighted by atomic mass is 16.6. The molecule has 0 aliphatic carbocycles. The molecule has 1 saturated heterocycles. The summed E-state index contributed by atoms with van der Waals surface area (Å²) in [6.45, 7) is 8.56. The van der Waals surface area contributed by atoms with Gasteiger partial charge in [0.2, 0.25) is 0 Å². The van der Waals surface area contributed by atoms with E-state index in [9.17, 15) is 4.79 Å². The van der Waals surface area contributed by atoms with Gasteiger partial charge in [0.15, 0.2) is 17.0 Å². The van der Waals surface area contributed by atoms with Crippen molar-refractivity contribution >= 4 is 23.1 Å². The monoisotopic (exact) mass is 419 g/mol. The molecule has 9 nitrogen and oxygen atoms in total. The summed E-state index contributed by atoms with van der Waals surface area (Å²) < 4.78 is 7.41. The van der Waals surface area contributed by atoms with Crippen molar-refractivity contribution in [1.82, 2.24) is 29.4 Å². The number of terminal acetylenes is 1. The lowest BCUT2D eigenvalue weighted by atomic mass is 10.2. The molecular formula is C22H25N7O2. The van der Waals surface area contributed by atoms with E-state index in [2.05, 4.69) is 30.8 Å². The van der Waals surface area contributed by atoms with E-state index in [0.717, 1.165) is 28.2 Å². The summed E-state index contributed by atoms with van der Waals surface area (Å²) in [5, 5.41) is 0. The third-order valence-electron chi connectivity index (χ3n) is 4.94. The molecule has 9 heteroatoms. The van der Waals surface area contributed by atoms with Crippen molar-refractivity contribution in [2.45, 2.75) is 32.9 Å². The second-order valence-corrected chi connectivity index (χ2v) is 8.38. The maximum atomic E-state index is 12.3. The Morgan fingerprint density at radius 3 is 2.55 bits per heavy atom. The van der Waals surface area contributed by atoms with Gasteiger partial charge in [-0.2, -0.15) is 0 Å². The Bertz CT molecular complexity index is 1120. The summed E-state index contributed by atoms with van der Waals surface area (Å²) in [5.41, 5.74) is 2.57. The number of piperazine rings is 1. The third-order valence-corrected chi connectivity index (χ3v) is 4.94. The number of pyridine rings is 1. The van der Waals surface area contributed by atoms with Crippen LogP contribution in [0, 0.1) is 12.3 Å². The van der Waals surface area contributed by atoms with Gasteiger partial charge in [0.05, 0.1) is 18.6 Å². The van der Waals surface area contributed by atoms with Gasteiger partial charge in [-0.25, -0.2) is 19.7 Å². The number of amides is 1. The van der Waals surface area contributed by atoms with Crippen LogP contribution in [0.5, 0.6) is 0 Å². The molecule has 1 aliphatic rings. The van der Waals surface area contributed by atoms with Crippen LogP contribution >= 0.6 is 0 Å². The highest BCUT2D eigenvalue weighted by Gasteiger charge is 2.27. The second-order valence-electron chi connectivity index (χ2n) is 8.38. The van der Waals surface area contributed by atoms with Crippen LogP contribution in [0.4, 0.5) is 10.6 Å². The zero-order valence-corrected chi connectivity index (χ0v) is 17.9. The molecule has 0 radical (unpaired) electrons. The highest BCUT2D eigenvalue weighted by molar-refractivity contribution is 5.83. The number of carbonyl (C=O) groups excluding carboxylic acids is 1. The van der Waals surface area contributed by atoms with Crippen molar-refractivity contribution in [2.24, 2.45) is 0 Å². The minimum absolute atomic E-state index is 0.285. The molecule has 4 rings (SSSR count). The molecule has 31 heavy (non-hydrogen) atoms. The zero-order chi connectivity index (χ0) is 22.0. The molecule has 1 amide bonds. The van der Waals surface area contributed by atoms with Crippen LogP contribution in [0.15, 0.2) is 31.0 Å². The minimum atomic E-state index is -0.504. The predicted octanol–water partition coefficient (Wildman–Crippen LogP) is 2.31. The molecular weight excluding hydrogens is 394 g/mol. The number of fused-ring (bicyclic) bond motifs is 1. The van der Waals surface area contributed by atoms with Crippen LogP contribution < -0.4 is 4.90 Å². The summed E-state index contributed by atoms with van der Waals surface area (Å²) >= 11 is 0. The van der Waals surface area contributed by atoms with Gasteiger partial charge in [0.1, 0.15) is 11.9 Å². The van der Waals surface area contributed by atoms with E-state index in [1.807, 2.05) is 37.5 Å². The predicted molar refractivity (Wildman–Crippen MR) is 117 cm³/mol. The van der Waals surface area contributed by atoms with E-state index in [1.54, 1.807) is 23.8 Å². The van der Waals surface area contributed by atoms with Crippen LogP contribution in [0.3, 0.4) is 0 Å². The largest absolute Gasteiger partial charge is 0.444 e. The van der Waals surface area contributed by atoms with Crippen LogP contribution in [0.2, 0.25) is 0 Å². The molecule has 1 aliphatic heterocycles. The van der Waals surface area contributed by atoms with Crippen molar-refractivity contribution in [3.05, 3.63) is 42.2 Å². The quantitative estimate of drug-likeness (QED) is 0.602. The Hall–Kier alpha value is -3.67. The molecule has 0 spiro atoms. The molecule has 0 atom stereocenters. The zero-order valence-electron chi connectivity index (χ0n) is 17.9. The highest BCUT2D eigenvalue weighted by Crippen LogP contribution is 2.23. The number of ether oxygens (including phenoxy) is 1. The van der Waals surface area contributed by atoms with Gasteiger partial charge in [-0.15, -0.1) is 6.42 Å². The Balaban J connectivity index is 1.48. The van der Waals surface area contributed by atoms with Crippen LogP contribution in [-0.2, 0) is 11.3 Å². The molecule has 3 aromatic heterocycles. The Morgan fingerprint density at radius 2 is 1.90 bits per heavy atom. The number of carbonyl (C=O) groups is 1. The van der Waals surface area contributed by atoms with Crippen molar-refractivity contribution in [3.8, 4) is 12.3 Å². The van der Waals surface area contributed by atoms with Gasteiger partial charge in [-0.3, -0.25) is 4.98 Å². The molecule has 4 heterocycles. The summed E-state index contributed by atoms with van der Waals surface area (Å²) in [6.07, 6.45) is 10.1. The lowest BCUT2D eigenvalue weighted by Crippen LogP contribution is -2.50. The Morgan fingerprint density at radius 1 is 1.13 bits per heavy atom. The van der Waals surface area contributed by atoms with Crippen molar-refractivity contribution < 1.29 is 9.53 Å². The fourth-order valence-electron chi connectivity index (χ4n) is 3.42. The van der Waals surface area contributed by atoms with E-state index in [4.69, 9.17) is 11.2 Å². The summed E-state index contributed by atoms with van der Waals surface area (Å²) in [5.74, 6) is 3.33. The first-order valence-corrected chi connectivity index (χ1v) is 10.1. The minimum Gasteiger partial charge on any atom is -0.444 e. The van der Waals surface area contributed by atoms with Gasteiger partial charge in [-0.1, -0.05) is 5.92 Å². The topological polar surface area (TPSA) is 89.3 Å². The SMILES string of the molecule is C#Cc1ccc(Cn2cnc3c(N4CCN(C(=O)OC(C)(C)C)CC4)ncnc32)nc1. The lowest BCUT2D eigenvalue weighted by molar-refractivity contribution is 0.0240. The normalized spacial score (nSPS) is 14.5. The number of hydrogen-bond acceptors (Lipinski definition) is 7. The van der Waals surface area contributed by atoms with Gasteiger partial charge >= 0.3 is 6.09 Å². The van der Waals surface area contributed by atoms with Gasteiger partial charge in [0, 0.05) is 37.9 Å². The van der Waals surface area contributed by atoms with E-state index in [0.29, 0.717) is 32.7 Å². The lowest BCUT2D eigenvalue weighted by Gasteiger charge is -2.36. The van der Waals surface area contributed by atoms with Crippen LogP contribution in [0.1, 0.15) is 32.0 Å². The Labute approximate surface area is 181 Å². The molecule has 160 valence electrons. The standard InChI is InChI=1S/C22H25N7O2/c1-5-16-6-7-17(23-12-16)13-29-15-26-18-19(24-14-25-20(18)29)27-8-10-28(11-9-27)21(30)31-22(2,3)4/h1,6-7,12,14-15H,8-11,13H2,2-4H3. The first-order chi connectivity index (χ1) is 14.8. The maximum Gasteiger partial charge on any atom is 0.410 e. The van der Waals surface area contributed by atoms with E-state index in [1.165, 1.54) is 0 Å². The molecule has 1 fully saturated rings. The van der Waals surface area contributed by atoms with E-state index >= 15 is 0 Å². The number of nitrogens with zero attached hydrogens (tertiary/aromatic N) is 7. The molecule has 0 N–H and O–H groups in total. The van der Waals surface area contributed by atoms with Crippen LogP contribution in [0.25, 0.3) is 11.2 Å². The number of imidazole rings is 1. The molecule has 0 aromatic carbocycles. The summed E-state index contributed by atoms with van der Waals surface area (Å²) in [7, 11) is 0. The fraction of sp³-hybridized carbons (Fsp3) is 0.409. The third kappa shape index (κ3) is 4.58. The van der Waals surface area contributed by atoms with Crippen molar-refractivity contribution in [1.29, 1.82) is 0 Å². The fourth-order valence-corrected chi connectivity index (χ4v) is 3.42. The number of anilines is 1. The average Bonchev–Trinajstić information content (AvgIpc) is 3.16. The van der Waals surface area contributed by atoms with E-state index in [-0.39, 0.29) is 6.09 Å². The average molecular weight is 419 g/mol. The molecule has 0 saturated carbocycles. The van der Waals surface area contributed by atoms with Gasteiger partial charge in [-0.05, 0) is 32.9 Å². The van der Waals surface area contributed by atoms with Crippen molar-refractivity contribution in [2.75, 3.05) is 31.1 Å². The smallest absolute Gasteiger partial charge is 0.410 e. The number of rotatable bonds is 3. The first-order valence-electron chi connectivity index (χ1n) is 10.1. The van der Waals surface area contributed by atoms with E-state index < -0.39 is 5.60 Å². The van der Waals surface area contributed by atoms with Crippen LogP contribution in [-0.4, -0.2) is 67.3 Å².